The van der Waals surface area contributed by atoms with E-state index >= 15 is 0 Å². The molecule has 2 saturated heterocycles. The predicted molar refractivity (Wildman–Crippen MR) is 98.5 cm³/mol. The Labute approximate surface area is 154 Å². The van der Waals surface area contributed by atoms with Crippen LogP contribution in [0.2, 0.25) is 0 Å². The lowest BCUT2D eigenvalue weighted by Crippen LogP contribution is -2.54. The molecule has 2 aliphatic rings. The molecule has 2 atom stereocenters. The van der Waals surface area contributed by atoms with Crippen LogP contribution in [0, 0.1) is 13.8 Å². The third-order valence-electron chi connectivity index (χ3n) is 5.25. The van der Waals surface area contributed by atoms with Crippen molar-refractivity contribution in [3.8, 4) is 0 Å². The number of nitrogens with one attached hydrogen (secondary N) is 2. The van der Waals surface area contributed by atoms with Crippen LogP contribution >= 0.6 is 0 Å². The van der Waals surface area contributed by atoms with Crippen molar-refractivity contribution >= 4 is 12.0 Å². The fraction of sp³-hybridized carbons (Fsp3) is 0.579. The minimum absolute atomic E-state index is 0.0901. The van der Waals surface area contributed by atoms with E-state index in [4.69, 9.17) is 4.74 Å². The third kappa shape index (κ3) is 3.99. The molecule has 0 saturated carbocycles. The van der Waals surface area contributed by atoms with Crippen LogP contribution in [0.1, 0.15) is 36.1 Å². The number of carbonyl (C=O) groups is 2. The van der Waals surface area contributed by atoms with E-state index in [1.165, 1.54) is 16.7 Å². The second kappa shape index (κ2) is 8.05. The molecular formula is C19H28N4O3. The van der Waals surface area contributed by atoms with Gasteiger partial charge in [-0.15, -0.1) is 0 Å². The number of benzene rings is 1. The summed E-state index contributed by atoms with van der Waals surface area (Å²) in [6, 6.07) is 6.31. The van der Waals surface area contributed by atoms with Crippen molar-refractivity contribution in [3.05, 3.63) is 34.9 Å². The zero-order valence-corrected chi connectivity index (χ0v) is 15.7. The van der Waals surface area contributed by atoms with E-state index in [0.717, 1.165) is 6.42 Å². The number of piperazine rings is 1. The van der Waals surface area contributed by atoms with Crippen LogP contribution in [0.3, 0.4) is 0 Å². The lowest BCUT2D eigenvalue weighted by atomic mass is 9.98. The second-order valence-electron chi connectivity index (χ2n) is 6.98. The summed E-state index contributed by atoms with van der Waals surface area (Å²) in [5.74, 6) is 0.0901. The second-order valence-corrected chi connectivity index (χ2v) is 6.98. The van der Waals surface area contributed by atoms with Crippen molar-refractivity contribution in [3.63, 3.8) is 0 Å². The molecule has 3 rings (SSSR count). The molecule has 26 heavy (non-hydrogen) atoms. The fourth-order valence-electron chi connectivity index (χ4n) is 3.46. The monoisotopic (exact) mass is 360 g/mol. The zero-order chi connectivity index (χ0) is 18.7. The molecule has 0 radical (unpaired) electrons. The molecule has 0 spiro atoms. The van der Waals surface area contributed by atoms with Gasteiger partial charge in [-0.25, -0.2) is 15.6 Å². The smallest absolute Gasteiger partial charge is 0.409 e. The number of aryl methyl sites for hydroxylation is 2. The van der Waals surface area contributed by atoms with Gasteiger partial charge in [-0.05, 0) is 43.9 Å². The molecule has 0 aromatic heterocycles. The van der Waals surface area contributed by atoms with Crippen LogP contribution in [0.5, 0.6) is 0 Å². The van der Waals surface area contributed by atoms with Crippen LogP contribution in [-0.4, -0.2) is 60.6 Å². The van der Waals surface area contributed by atoms with Crippen LogP contribution in [0.4, 0.5) is 4.79 Å². The van der Waals surface area contributed by atoms with Gasteiger partial charge in [0.15, 0.2) is 0 Å². The van der Waals surface area contributed by atoms with Crippen molar-refractivity contribution in [2.24, 2.45) is 0 Å². The Hall–Kier alpha value is -2.12. The Morgan fingerprint density at radius 3 is 2.42 bits per heavy atom. The maximum absolute atomic E-state index is 12.8. The van der Waals surface area contributed by atoms with Crippen LogP contribution in [0.25, 0.3) is 0 Å². The lowest BCUT2D eigenvalue weighted by Gasteiger charge is -2.35. The van der Waals surface area contributed by atoms with Crippen LogP contribution in [-0.2, 0) is 9.53 Å². The first-order chi connectivity index (χ1) is 12.5. The summed E-state index contributed by atoms with van der Waals surface area (Å²) in [6.07, 6.45) is 0.425. The predicted octanol–water partition coefficient (Wildman–Crippen LogP) is 1.51. The molecule has 7 nitrogen and oxygen atoms in total. The Kier molecular flexibility index (Phi) is 5.78. The standard InChI is InChI=1S/C19H28N4O3/c1-4-26-19(25)23-9-7-22(8-10-23)18(24)17-12-16(20-21-17)15-6-5-13(2)14(3)11-15/h5-6,11,16-17,20-21H,4,7-10,12H2,1-3H3. The minimum Gasteiger partial charge on any atom is -0.450 e. The molecule has 2 aliphatic heterocycles. The van der Waals surface area contributed by atoms with E-state index in [2.05, 4.69) is 42.9 Å². The van der Waals surface area contributed by atoms with Crippen molar-refractivity contribution < 1.29 is 14.3 Å². The molecule has 2 amide bonds. The van der Waals surface area contributed by atoms with E-state index in [0.29, 0.717) is 32.8 Å². The molecule has 7 heteroatoms. The maximum atomic E-state index is 12.8. The van der Waals surface area contributed by atoms with Gasteiger partial charge in [0.2, 0.25) is 5.91 Å². The first-order valence-electron chi connectivity index (χ1n) is 9.28. The SMILES string of the molecule is CCOC(=O)N1CCN(C(=O)C2CC(c3ccc(C)c(C)c3)NN2)CC1. The molecule has 2 fully saturated rings. The van der Waals surface area contributed by atoms with Gasteiger partial charge in [-0.2, -0.15) is 0 Å². The summed E-state index contributed by atoms with van der Waals surface area (Å²) in [6.45, 7) is 8.50. The van der Waals surface area contributed by atoms with Crippen molar-refractivity contribution in [2.45, 2.75) is 39.3 Å². The van der Waals surface area contributed by atoms with Gasteiger partial charge in [0.1, 0.15) is 6.04 Å². The van der Waals surface area contributed by atoms with E-state index in [1.54, 1.807) is 11.8 Å². The van der Waals surface area contributed by atoms with Crippen molar-refractivity contribution in [1.82, 2.24) is 20.7 Å². The number of nitrogens with zero attached hydrogens (tertiary/aromatic N) is 2. The molecule has 1 aromatic rings. The number of amides is 2. The van der Waals surface area contributed by atoms with Crippen molar-refractivity contribution in [1.29, 1.82) is 0 Å². The topological polar surface area (TPSA) is 73.9 Å². The van der Waals surface area contributed by atoms with E-state index < -0.39 is 0 Å². The maximum Gasteiger partial charge on any atom is 0.409 e. The first-order valence-corrected chi connectivity index (χ1v) is 9.28. The number of hydrogen-bond acceptors (Lipinski definition) is 5. The molecule has 0 bridgehead atoms. The highest BCUT2D eigenvalue weighted by Gasteiger charge is 2.34. The first kappa shape index (κ1) is 18.7. The highest BCUT2D eigenvalue weighted by atomic mass is 16.6. The number of hydrogen-bond donors (Lipinski definition) is 2. The summed E-state index contributed by atoms with van der Waals surface area (Å²) in [4.78, 5) is 28.0. The quantitative estimate of drug-likeness (QED) is 0.855. The van der Waals surface area contributed by atoms with Gasteiger partial charge in [-0.3, -0.25) is 4.79 Å². The summed E-state index contributed by atoms with van der Waals surface area (Å²) >= 11 is 0. The lowest BCUT2D eigenvalue weighted by molar-refractivity contribution is -0.134. The average Bonchev–Trinajstić information content (AvgIpc) is 3.14. The Bertz CT molecular complexity index is 671. The van der Waals surface area contributed by atoms with E-state index in [9.17, 15) is 9.59 Å². The molecule has 2 N–H and O–H groups in total. The molecule has 1 aromatic carbocycles. The number of ether oxygens (including phenoxy) is 1. The van der Waals surface area contributed by atoms with E-state index in [1.807, 2.05) is 4.90 Å². The van der Waals surface area contributed by atoms with Gasteiger partial charge >= 0.3 is 6.09 Å². The van der Waals surface area contributed by atoms with Gasteiger partial charge in [0.25, 0.3) is 0 Å². The highest BCUT2D eigenvalue weighted by Crippen LogP contribution is 2.25. The van der Waals surface area contributed by atoms with Crippen LogP contribution in [0.15, 0.2) is 18.2 Å². The highest BCUT2D eigenvalue weighted by molar-refractivity contribution is 5.82. The zero-order valence-electron chi connectivity index (χ0n) is 15.7. The number of carbonyl (C=O) groups excluding carboxylic acids is 2. The summed E-state index contributed by atoms with van der Waals surface area (Å²) in [5, 5.41) is 0. The minimum atomic E-state index is -0.296. The average molecular weight is 360 g/mol. The van der Waals surface area contributed by atoms with Gasteiger partial charge in [0.05, 0.1) is 6.61 Å². The van der Waals surface area contributed by atoms with Gasteiger partial charge < -0.3 is 14.5 Å². The molecular weight excluding hydrogens is 332 g/mol. The Morgan fingerprint density at radius 2 is 1.77 bits per heavy atom. The van der Waals surface area contributed by atoms with Crippen LogP contribution < -0.4 is 10.9 Å². The summed E-state index contributed by atoms with van der Waals surface area (Å²) < 4.78 is 5.02. The summed E-state index contributed by atoms with van der Waals surface area (Å²) in [7, 11) is 0. The Morgan fingerprint density at radius 1 is 1.08 bits per heavy atom. The molecule has 2 unspecified atom stereocenters. The molecule has 142 valence electrons. The molecule has 0 aliphatic carbocycles. The molecule has 2 heterocycles. The third-order valence-corrected chi connectivity index (χ3v) is 5.25. The largest absolute Gasteiger partial charge is 0.450 e. The van der Waals surface area contributed by atoms with E-state index in [-0.39, 0.29) is 24.1 Å². The van der Waals surface area contributed by atoms with Gasteiger partial charge in [-0.1, -0.05) is 18.2 Å². The van der Waals surface area contributed by atoms with Gasteiger partial charge in [0, 0.05) is 32.2 Å². The summed E-state index contributed by atoms with van der Waals surface area (Å²) in [5.41, 5.74) is 10.1. The normalized spacial score (nSPS) is 23.2. The van der Waals surface area contributed by atoms with Crippen molar-refractivity contribution in [2.75, 3.05) is 32.8 Å². The fourth-order valence-corrected chi connectivity index (χ4v) is 3.46. The number of rotatable bonds is 3. The Balaban J connectivity index is 1.53. The number of hydrazine groups is 1.